The molecular weight excluding hydrogens is 198 g/mol. The van der Waals surface area contributed by atoms with E-state index in [1.807, 2.05) is 0 Å². The van der Waals surface area contributed by atoms with Crippen LogP contribution in [0, 0.1) is 17.8 Å². The lowest BCUT2D eigenvalue weighted by molar-refractivity contribution is 0.0880. The molecule has 3 fully saturated rings. The van der Waals surface area contributed by atoms with E-state index in [0.29, 0.717) is 6.61 Å². The summed E-state index contributed by atoms with van der Waals surface area (Å²) >= 11 is 0. The summed E-state index contributed by atoms with van der Waals surface area (Å²) in [6.45, 7) is 1.50. The van der Waals surface area contributed by atoms with Crippen molar-refractivity contribution in [3.8, 4) is 0 Å². The normalized spacial score (nSPS) is 39.9. The predicted octanol–water partition coefficient (Wildman–Crippen LogP) is 2.32. The standard InChI is InChI=1S/C14H25NO/c16-10-14(15-9-11-3-4-11)7-1-2-13(8-14)12-5-6-12/h11-13,15-16H,1-10H2. The van der Waals surface area contributed by atoms with E-state index in [1.165, 1.54) is 51.4 Å². The third-order valence-corrected chi connectivity index (χ3v) is 4.94. The summed E-state index contributed by atoms with van der Waals surface area (Å²) in [6.07, 6.45) is 10.9. The molecule has 3 aliphatic rings. The SMILES string of the molecule is OCC1(NCC2CC2)CCCC(C2CC2)C1. The van der Waals surface area contributed by atoms with Crippen molar-refractivity contribution in [2.75, 3.05) is 13.2 Å². The molecule has 0 saturated heterocycles. The molecule has 3 aliphatic carbocycles. The van der Waals surface area contributed by atoms with Crippen LogP contribution >= 0.6 is 0 Å². The average molecular weight is 223 g/mol. The van der Waals surface area contributed by atoms with Crippen molar-refractivity contribution in [3.63, 3.8) is 0 Å². The van der Waals surface area contributed by atoms with Gasteiger partial charge < -0.3 is 10.4 Å². The lowest BCUT2D eigenvalue weighted by Gasteiger charge is -2.41. The maximum Gasteiger partial charge on any atom is 0.0613 e. The number of rotatable bonds is 5. The van der Waals surface area contributed by atoms with Crippen molar-refractivity contribution in [3.05, 3.63) is 0 Å². The minimum absolute atomic E-state index is 0.0914. The van der Waals surface area contributed by atoms with Crippen LogP contribution in [-0.2, 0) is 0 Å². The van der Waals surface area contributed by atoms with Crippen LogP contribution in [0.2, 0.25) is 0 Å². The van der Waals surface area contributed by atoms with E-state index in [9.17, 15) is 5.11 Å². The highest BCUT2D eigenvalue weighted by Gasteiger charge is 2.42. The minimum Gasteiger partial charge on any atom is -0.394 e. The molecule has 2 heteroatoms. The molecule has 92 valence electrons. The van der Waals surface area contributed by atoms with Crippen LogP contribution in [0.3, 0.4) is 0 Å². The van der Waals surface area contributed by atoms with Crippen LogP contribution in [0.5, 0.6) is 0 Å². The van der Waals surface area contributed by atoms with Gasteiger partial charge in [0.2, 0.25) is 0 Å². The van der Waals surface area contributed by atoms with Gasteiger partial charge in [0.15, 0.2) is 0 Å². The average Bonchev–Trinajstić information content (AvgIpc) is 3.20. The number of hydrogen-bond donors (Lipinski definition) is 2. The first-order valence-electron chi connectivity index (χ1n) is 7.17. The Bertz CT molecular complexity index is 247. The number of hydrogen-bond acceptors (Lipinski definition) is 2. The minimum atomic E-state index is 0.0914. The summed E-state index contributed by atoms with van der Waals surface area (Å²) in [6, 6.07) is 0. The Morgan fingerprint density at radius 2 is 1.88 bits per heavy atom. The van der Waals surface area contributed by atoms with Crippen molar-refractivity contribution < 1.29 is 5.11 Å². The smallest absolute Gasteiger partial charge is 0.0613 e. The lowest BCUT2D eigenvalue weighted by atomic mass is 9.74. The molecule has 0 spiro atoms. The van der Waals surface area contributed by atoms with E-state index in [2.05, 4.69) is 5.32 Å². The molecule has 3 rings (SSSR count). The fourth-order valence-electron chi connectivity index (χ4n) is 3.42. The molecule has 2 N–H and O–H groups in total. The topological polar surface area (TPSA) is 32.3 Å². The number of nitrogens with one attached hydrogen (secondary N) is 1. The van der Waals surface area contributed by atoms with Crippen molar-refractivity contribution in [2.24, 2.45) is 17.8 Å². The molecule has 16 heavy (non-hydrogen) atoms. The van der Waals surface area contributed by atoms with Gasteiger partial charge in [-0.1, -0.05) is 12.8 Å². The Hall–Kier alpha value is -0.0800. The summed E-state index contributed by atoms with van der Waals surface area (Å²) in [5, 5.41) is 13.4. The van der Waals surface area contributed by atoms with E-state index >= 15 is 0 Å². The zero-order chi connectivity index (χ0) is 11.0. The molecule has 0 aliphatic heterocycles. The van der Waals surface area contributed by atoms with Crippen LogP contribution in [0.15, 0.2) is 0 Å². The lowest BCUT2D eigenvalue weighted by Crippen LogP contribution is -2.52. The molecule has 0 amide bonds. The van der Waals surface area contributed by atoms with Crippen LogP contribution in [-0.4, -0.2) is 23.8 Å². The fourth-order valence-corrected chi connectivity index (χ4v) is 3.42. The molecule has 0 aromatic rings. The van der Waals surface area contributed by atoms with Crippen LogP contribution in [0.1, 0.15) is 51.4 Å². The molecule has 0 aromatic heterocycles. The monoisotopic (exact) mass is 223 g/mol. The maximum atomic E-state index is 9.73. The van der Waals surface area contributed by atoms with Crippen molar-refractivity contribution in [1.82, 2.24) is 5.32 Å². The Kier molecular flexibility index (Phi) is 2.97. The molecule has 2 atom stereocenters. The second kappa shape index (κ2) is 4.30. The molecule has 2 nitrogen and oxygen atoms in total. The molecule has 0 aromatic carbocycles. The summed E-state index contributed by atoms with van der Waals surface area (Å²) in [5.41, 5.74) is 0.0914. The second-order valence-electron chi connectivity index (χ2n) is 6.46. The largest absolute Gasteiger partial charge is 0.394 e. The molecule has 2 unspecified atom stereocenters. The zero-order valence-electron chi connectivity index (χ0n) is 10.3. The van der Waals surface area contributed by atoms with Crippen molar-refractivity contribution >= 4 is 0 Å². The first-order valence-corrected chi connectivity index (χ1v) is 7.17. The van der Waals surface area contributed by atoms with Crippen molar-refractivity contribution in [1.29, 1.82) is 0 Å². The predicted molar refractivity (Wildman–Crippen MR) is 65.2 cm³/mol. The maximum absolute atomic E-state index is 9.73. The van der Waals surface area contributed by atoms with Gasteiger partial charge in [0.25, 0.3) is 0 Å². The van der Waals surface area contributed by atoms with Gasteiger partial charge >= 0.3 is 0 Å². The van der Waals surface area contributed by atoms with E-state index in [4.69, 9.17) is 0 Å². The van der Waals surface area contributed by atoms with Crippen LogP contribution < -0.4 is 5.32 Å². The first kappa shape index (κ1) is 11.0. The van der Waals surface area contributed by atoms with E-state index < -0.39 is 0 Å². The third-order valence-electron chi connectivity index (χ3n) is 4.94. The molecule has 3 saturated carbocycles. The Morgan fingerprint density at radius 1 is 1.06 bits per heavy atom. The van der Waals surface area contributed by atoms with E-state index in [-0.39, 0.29) is 5.54 Å². The van der Waals surface area contributed by atoms with Gasteiger partial charge in [-0.2, -0.15) is 0 Å². The first-order chi connectivity index (χ1) is 7.81. The number of aliphatic hydroxyl groups excluding tert-OH is 1. The Labute approximate surface area is 98.8 Å². The van der Waals surface area contributed by atoms with E-state index in [0.717, 1.165) is 24.3 Å². The van der Waals surface area contributed by atoms with Gasteiger partial charge in [0.05, 0.1) is 6.61 Å². The summed E-state index contributed by atoms with van der Waals surface area (Å²) in [5.74, 6) is 2.84. The zero-order valence-corrected chi connectivity index (χ0v) is 10.3. The highest BCUT2D eigenvalue weighted by atomic mass is 16.3. The van der Waals surface area contributed by atoms with Crippen molar-refractivity contribution in [2.45, 2.75) is 56.9 Å². The van der Waals surface area contributed by atoms with Gasteiger partial charge in [-0.3, -0.25) is 0 Å². The Morgan fingerprint density at radius 3 is 2.50 bits per heavy atom. The molecule has 0 radical (unpaired) electrons. The second-order valence-corrected chi connectivity index (χ2v) is 6.46. The van der Waals surface area contributed by atoms with Gasteiger partial charge in [0.1, 0.15) is 0 Å². The quantitative estimate of drug-likeness (QED) is 0.749. The summed E-state index contributed by atoms with van der Waals surface area (Å²) in [7, 11) is 0. The third kappa shape index (κ3) is 2.43. The van der Waals surface area contributed by atoms with Gasteiger partial charge in [-0.05, 0) is 62.8 Å². The molecule has 0 bridgehead atoms. The highest BCUT2D eigenvalue weighted by molar-refractivity contribution is 4.98. The molecular formula is C14H25NO. The number of aliphatic hydroxyl groups is 1. The summed E-state index contributed by atoms with van der Waals surface area (Å²) < 4.78 is 0. The highest BCUT2D eigenvalue weighted by Crippen LogP contribution is 2.46. The van der Waals surface area contributed by atoms with Gasteiger partial charge in [-0.15, -0.1) is 0 Å². The summed E-state index contributed by atoms with van der Waals surface area (Å²) in [4.78, 5) is 0. The van der Waals surface area contributed by atoms with Gasteiger partial charge in [-0.25, -0.2) is 0 Å². The van der Waals surface area contributed by atoms with Crippen LogP contribution in [0.25, 0.3) is 0 Å². The van der Waals surface area contributed by atoms with Crippen LogP contribution in [0.4, 0.5) is 0 Å². The fraction of sp³-hybridized carbons (Fsp3) is 1.00. The molecule has 0 heterocycles. The van der Waals surface area contributed by atoms with Gasteiger partial charge in [0, 0.05) is 5.54 Å². The van der Waals surface area contributed by atoms with E-state index in [1.54, 1.807) is 0 Å². The Balaban J connectivity index is 1.57.